The molecule has 3 unspecified atom stereocenters. The van der Waals surface area contributed by atoms with E-state index in [1.807, 2.05) is 0 Å². The molecule has 2 aromatic rings. The Labute approximate surface area is 213 Å². The van der Waals surface area contributed by atoms with Crippen LogP contribution in [-0.2, 0) is 26.4 Å². The van der Waals surface area contributed by atoms with E-state index in [0.717, 1.165) is 6.42 Å². The van der Waals surface area contributed by atoms with Crippen molar-refractivity contribution in [2.24, 2.45) is 0 Å². The standard InChI is InChI=1S/C24H27OSi.2CH3.2ClH.H2Si.Zr/c1-17(25-26(2,3)4)15-20-16-19-10-6-8-12-22(19)24(20)23-14-13-18-9-5-7-11-21(18)23;;;;;;/h5-14,16-17,24H,15H2,1-4H3;2*1H3;2*1H;1H2;. The van der Waals surface area contributed by atoms with E-state index >= 15 is 0 Å². The van der Waals surface area contributed by atoms with Crippen LogP contribution >= 0.6 is 24.8 Å². The largest absolute Gasteiger partial charge is 0.147 e. The first-order valence-electron chi connectivity index (χ1n) is 11.1. The van der Waals surface area contributed by atoms with E-state index in [2.05, 4.69) is 109 Å². The molecule has 3 atom stereocenters. The molecule has 2 aromatic carbocycles. The van der Waals surface area contributed by atoms with Gasteiger partial charge in [0.25, 0.3) is 0 Å². The van der Waals surface area contributed by atoms with Gasteiger partial charge in [-0.1, -0.05) is 0 Å². The quantitative estimate of drug-likeness (QED) is 0.323. The van der Waals surface area contributed by atoms with Crippen LogP contribution in [0.1, 0.15) is 41.5 Å². The summed E-state index contributed by atoms with van der Waals surface area (Å²) >= 11 is -2.52. The van der Waals surface area contributed by atoms with Crippen LogP contribution in [0.2, 0.25) is 28.9 Å². The molecule has 1 nitrogen and oxygen atoms in total. The van der Waals surface area contributed by atoms with Crippen molar-refractivity contribution < 1.29 is 23.3 Å². The van der Waals surface area contributed by atoms with Crippen LogP contribution in [0.5, 0.6) is 0 Å². The van der Waals surface area contributed by atoms with Crippen LogP contribution in [0, 0.1) is 0 Å². The molecule has 6 heteroatoms. The zero-order valence-electron chi connectivity index (χ0n) is 20.1. The van der Waals surface area contributed by atoms with Crippen LogP contribution in [0.4, 0.5) is 0 Å². The van der Waals surface area contributed by atoms with Gasteiger partial charge in [-0.05, 0) is 0 Å². The molecular weight excluding hydrogens is 547 g/mol. The summed E-state index contributed by atoms with van der Waals surface area (Å²) in [5.74, 6) is 0.435. The molecule has 0 fully saturated rings. The molecule has 0 amide bonds. The van der Waals surface area contributed by atoms with Crippen molar-refractivity contribution in [1.82, 2.24) is 0 Å². The zero-order chi connectivity index (χ0) is 21.7. The molecule has 0 N–H and O–H groups in total. The Morgan fingerprint density at radius 2 is 1.59 bits per heavy atom. The van der Waals surface area contributed by atoms with Crippen molar-refractivity contribution >= 4 is 52.2 Å². The minimum atomic E-state index is -2.52. The van der Waals surface area contributed by atoms with Gasteiger partial charge < -0.3 is 0 Å². The van der Waals surface area contributed by atoms with Crippen molar-refractivity contribution in [1.29, 1.82) is 0 Å². The summed E-state index contributed by atoms with van der Waals surface area (Å²) in [6, 6.07) is 18.2. The Morgan fingerprint density at radius 1 is 1.00 bits per heavy atom. The van der Waals surface area contributed by atoms with Crippen molar-refractivity contribution in [3.8, 4) is 0 Å². The van der Waals surface area contributed by atoms with Gasteiger partial charge in [0, 0.05) is 0 Å². The van der Waals surface area contributed by atoms with Gasteiger partial charge in [0.15, 0.2) is 0 Å². The van der Waals surface area contributed by atoms with E-state index in [4.69, 9.17) is 4.43 Å². The summed E-state index contributed by atoms with van der Waals surface area (Å²) < 4.78 is 11.9. The SMILES string of the molecule is CC(CC1=Cc2ccccc2C1[C]1([Zr]([CH3])([CH3])=[SiH2])C=Cc2ccccc21)O[Si](C)(C)C.Cl.Cl. The van der Waals surface area contributed by atoms with Crippen LogP contribution in [0.3, 0.4) is 0 Å². The fourth-order valence-electron chi connectivity index (χ4n) is 5.64. The smallest absolute Gasteiger partial charge is 0.147 e. The third-order valence-electron chi connectivity index (χ3n) is 6.60. The monoisotopic (exact) mass is 581 g/mol. The molecule has 2 aliphatic rings. The van der Waals surface area contributed by atoms with Gasteiger partial charge in [-0.2, -0.15) is 0 Å². The van der Waals surface area contributed by atoms with Gasteiger partial charge in [0.2, 0.25) is 0 Å². The number of allylic oxidation sites excluding steroid dienone is 1. The Morgan fingerprint density at radius 3 is 2.22 bits per heavy atom. The molecule has 0 aliphatic heterocycles. The molecule has 0 heterocycles. The summed E-state index contributed by atoms with van der Waals surface area (Å²) in [4.78, 5) is 0. The number of hydrogen-bond donors (Lipinski definition) is 0. The summed E-state index contributed by atoms with van der Waals surface area (Å²) in [6.45, 7) is 11.5. The Bertz CT molecular complexity index is 1080. The van der Waals surface area contributed by atoms with Crippen LogP contribution in [0.15, 0.2) is 60.2 Å². The van der Waals surface area contributed by atoms with Crippen molar-refractivity contribution in [3.63, 3.8) is 0 Å². The van der Waals surface area contributed by atoms with E-state index in [1.54, 1.807) is 11.1 Å². The number of rotatable bonds is 6. The average Bonchev–Trinajstić information content (AvgIpc) is 3.18. The van der Waals surface area contributed by atoms with Gasteiger partial charge in [-0.25, -0.2) is 0 Å². The molecule has 0 aromatic heterocycles. The van der Waals surface area contributed by atoms with E-state index < -0.39 is 27.2 Å². The molecule has 173 valence electrons. The second kappa shape index (κ2) is 10.2. The van der Waals surface area contributed by atoms with Crippen molar-refractivity contribution in [2.75, 3.05) is 0 Å². The van der Waals surface area contributed by atoms with Gasteiger partial charge >= 0.3 is 190 Å². The Balaban J connectivity index is 0.00000181. The molecule has 0 radical (unpaired) electrons. The first kappa shape index (κ1) is 28.0. The molecule has 32 heavy (non-hydrogen) atoms. The first-order valence-corrected chi connectivity index (χ1v) is 26.6. The second-order valence-electron chi connectivity index (χ2n) is 10.7. The summed E-state index contributed by atoms with van der Waals surface area (Å²) in [5.41, 5.74) is 7.48. The molecule has 0 saturated carbocycles. The third-order valence-corrected chi connectivity index (χ3v) is 18.5. The Kier molecular flexibility index (Phi) is 8.91. The third kappa shape index (κ3) is 5.06. The fourth-order valence-corrected chi connectivity index (χ4v) is 16.4. The van der Waals surface area contributed by atoms with Gasteiger partial charge in [0.1, 0.15) is 0 Å². The van der Waals surface area contributed by atoms with E-state index in [9.17, 15) is 0 Å². The van der Waals surface area contributed by atoms with Crippen molar-refractivity contribution in [2.45, 2.75) is 57.4 Å². The number of benzene rings is 2. The van der Waals surface area contributed by atoms with E-state index in [-0.39, 0.29) is 34.0 Å². The first-order chi connectivity index (χ1) is 14.0. The van der Waals surface area contributed by atoms with Crippen LogP contribution in [-0.4, -0.2) is 21.3 Å². The molecule has 0 saturated heterocycles. The number of hydrogen-bond acceptors (Lipinski definition) is 1. The summed E-state index contributed by atoms with van der Waals surface area (Å²) in [5, 5.41) is 0. The maximum atomic E-state index is 6.50. The molecule has 0 bridgehead atoms. The van der Waals surface area contributed by atoms with Crippen molar-refractivity contribution in [3.05, 3.63) is 82.4 Å². The minimum Gasteiger partial charge on any atom is -0.147 e. The summed E-state index contributed by atoms with van der Waals surface area (Å²) in [6.07, 6.45) is 8.77. The predicted molar refractivity (Wildman–Crippen MR) is 148 cm³/mol. The second-order valence-corrected chi connectivity index (χ2v) is 36.9. The number of fused-ring (bicyclic) bond motifs is 2. The maximum absolute atomic E-state index is 6.50. The predicted octanol–water partition coefficient (Wildman–Crippen LogP) is 7.36. The molecule has 4 rings (SSSR count). The Hall–Kier alpha value is -0.223. The topological polar surface area (TPSA) is 9.23 Å². The van der Waals surface area contributed by atoms with Gasteiger partial charge in [-0.15, -0.1) is 24.8 Å². The van der Waals surface area contributed by atoms with Gasteiger partial charge in [-0.3, -0.25) is 0 Å². The van der Waals surface area contributed by atoms with Crippen LogP contribution < -0.4 is 0 Å². The molecule has 2 aliphatic carbocycles. The minimum absolute atomic E-state index is 0. The maximum Gasteiger partial charge on any atom is -0.147 e. The fraction of sp³-hybridized carbons (Fsp3) is 0.385. The van der Waals surface area contributed by atoms with E-state index in [0.29, 0.717) is 5.92 Å². The van der Waals surface area contributed by atoms with Crippen LogP contribution in [0.25, 0.3) is 12.2 Å². The normalized spacial score (nSPS) is 22.3. The number of halogens is 2. The molecular formula is C26H37Cl2OSi2Zr. The van der Waals surface area contributed by atoms with Gasteiger partial charge in [0.05, 0.1) is 0 Å². The molecule has 0 spiro atoms. The zero-order valence-corrected chi connectivity index (χ0v) is 26.6. The average molecular weight is 584 g/mol. The van der Waals surface area contributed by atoms with E-state index in [1.165, 1.54) is 16.7 Å². The summed E-state index contributed by atoms with van der Waals surface area (Å²) in [7, 11) is -1.57.